The first-order chi connectivity index (χ1) is 15.3. The number of nitrogens with zero attached hydrogens (tertiary/aromatic N) is 3. The third kappa shape index (κ3) is 4.42. The molecule has 1 saturated heterocycles. The van der Waals surface area contributed by atoms with Gasteiger partial charge in [0.05, 0.1) is 17.5 Å². The molecule has 0 N–H and O–H groups in total. The van der Waals surface area contributed by atoms with E-state index in [2.05, 4.69) is 11.1 Å². The highest BCUT2D eigenvalue weighted by Crippen LogP contribution is 2.35. The van der Waals surface area contributed by atoms with Gasteiger partial charge in [0.1, 0.15) is 17.7 Å². The van der Waals surface area contributed by atoms with Crippen molar-refractivity contribution in [2.24, 2.45) is 0 Å². The third-order valence-electron chi connectivity index (χ3n) is 5.89. The molecule has 0 radical (unpaired) electrons. The highest BCUT2D eigenvalue weighted by atomic mass is 32.2. The van der Waals surface area contributed by atoms with Crippen molar-refractivity contribution < 1.29 is 17.9 Å². The van der Waals surface area contributed by atoms with Gasteiger partial charge in [-0.05, 0) is 81.5 Å². The zero-order chi connectivity index (χ0) is 22.9. The smallest absolute Gasteiger partial charge is 0.243 e. The number of benzene rings is 1. The first kappa shape index (κ1) is 22.5. The number of piperidine rings is 1. The summed E-state index contributed by atoms with van der Waals surface area (Å²) in [5.74, 6) is 0.886. The maximum Gasteiger partial charge on any atom is 0.243 e. The summed E-state index contributed by atoms with van der Waals surface area (Å²) >= 11 is 0. The summed E-state index contributed by atoms with van der Waals surface area (Å²) < 4.78 is 35.3. The van der Waals surface area contributed by atoms with E-state index in [1.54, 1.807) is 28.6 Å². The van der Waals surface area contributed by atoms with Crippen LogP contribution in [0.4, 0.5) is 0 Å². The van der Waals surface area contributed by atoms with Crippen molar-refractivity contribution in [2.75, 3.05) is 13.1 Å². The Hall–Kier alpha value is -2.71. The molecule has 1 aliphatic heterocycles. The molecule has 7 nitrogen and oxygen atoms in total. The number of pyridine rings is 1. The lowest BCUT2D eigenvalue weighted by molar-refractivity contribution is -0.108. The summed E-state index contributed by atoms with van der Waals surface area (Å²) in [6.45, 7) is 6.97. The molecule has 1 aliphatic rings. The molecule has 4 rings (SSSR count). The van der Waals surface area contributed by atoms with Gasteiger partial charge in [0, 0.05) is 30.4 Å². The van der Waals surface area contributed by atoms with Crippen LogP contribution in [0.3, 0.4) is 0 Å². The van der Waals surface area contributed by atoms with Gasteiger partial charge in [-0.1, -0.05) is 0 Å². The monoisotopic (exact) mass is 455 g/mol. The summed E-state index contributed by atoms with van der Waals surface area (Å²) in [5, 5.41) is 1.04. The first-order valence-corrected chi connectivity index (χ1v) is 12.4. The summed E-state index contributed by atoms with van der Waals surface area (Å²) in [7, 11) is -3.55. The normalized spacial score (nSPS) is 16.0. The number of carbonyl (C=O) groups is 1. The van der Waals surface area contributed by atoms with Crippen LogP contribution in [0.1, 0.15) is 43.9 Å². The molecule has 170 valence electrons. The second-order valence-electron chi connectivity index (χ2n) is 8.54. The van der Waals surface area contributed by atoms with Crippen molar-refractivity contribution in [1.82, 2.24) is 13.9 Å². The van der Waals surface area contributed by atoms with E-state index in [1.807, 2.05) is 37.6 Å². The topological polar surface area (TPSA) is 81.5 Å². The van der Waals surface area contributed by atoms with Gasteiger partial charge in [-0.15, -0.1) is 0 Å². The molecule has 0 aliphatic carbocycles. The van der Waals surface area contributed by atoms with E-state index in [4.69, 9.17) is 4.74 Å². The Bertz CT molecular complexity index is 1210. The number of aromatic nitrogens is 2. The predicted molar refractivity (Wildman–Crippen MR) is 123 cm³/mol. The lowest BCUT2D eigenvalue weighted by Gasteiger charge is -2.31. The Morgan fingerprint density at radius 1 is 1.12 bits per heavy atom. The van der Waals surface area contributed by atoms with Crippen LogP contribution in [0, 0.1) is 6.92 Å². The van der Waals surface area contributed by atoms with E-state index in [9.17, 15) is 13.2 Å². The van der Waals surface area contributed by atoms with Gasteiger partial charge in [0.25, 0.3) is 0 Å². The average molecular weight is 456 g/mol. The van der Waals surface area contributed by atoms with Gasteiger partial charge in [-0.25, -0.2) is 13.4 Å². The van der Waals surface area contributed by atoms with Crippen molar-refractivity contribution >= 4 is 27.3 Å². The zero-order valence-corrected chi connectivity index (χ0v) is 19.5. The Morgan fingerprint density at radius 3 is 2.44 bits per heavy atom. The second kappa shape index (κ2) is 9.03. The molecule has 0 bridgehead atoms. The molecule has 0 spiro atoms. The summed E-state index contributed by atoms with van der Waals surface area (Å²) in [6, 6.07) is 10.7. The van der Waals surface area contributed by atoms with Crippen molar-refractivity contribution in [2.45, 2.75) is 57.1 Å². The molecule has 1 aromatic carbocycles. The van der Waals surface area contributed by atoms with Crippen LogP contribution in [-0.2, 0) is 21.4 Å². The van der Waals surface area contributed by atoms with Crippen molar-refractivity contribution in [3.63, 3.8) is 0 Å². The molecule has 3 aromatic rings. The maximum atomic E-state index is 13.1. The minimum Gasteiger partial charge on any atom is -0.491 e. The fourth-order valence-electron chi connectivity index (χ4n) is 4.35. The number of aldehydes is 1. The predicted octanol–water partition coefficient (Wildman–Crippen LogP) is 3.90. The number of fused-ring (bicyclic) bond motifs is 1. The molecular weight excluding hydrogens is 426 g/mol. The molecule has 0 unspecified atom stereocenters. The third-order valence-corrected chi connectivity index (χ3v) is 7.80. The number of rotatable bonds is 7. The minimum absolute atomic E-state index is 0.0353. The molecule has 2 aromatic heterocycles. The van der Waals surface area contributed by atoms with Gasteiger partial charge in [0.15, 0.2) is 0 Å². The van der Waals surface area contributed by atoms with E-state index in [1.165, 1.54) is 0 Å². The Balaban J connectivity index is 1.51. The highest BCUT2D eigenvalue weighted by molar-refractivity contribution is 7.89. The van der Waals surface area contributed by atoms with E-state index in [-0.39, 0.29) is 23.5 Å². The molecule has 0 atom stereocenters. The fourth-order valence-corrected chi connectivity index (χ4v) is 5.82. The van der Waals surface area contributed by atoms with Crippen LogP contribution >= 0.6 is 0 Å². The Labute approximate surface area is 189 Å². The Kier molecular flexibility index (Phi) is 6.35. The average Bonchev–Trinajstić information content (AvgIpc) is 3.12. The maximum absolute atomic E-state index is 13.1. The van der Waals surface area contributed by atoms with Crippen LogP contribution in [0.15, 0.2) is 47.5 Å². The van der Waals surface area contributed by atoms with Crippen LogP contribution in [-0.4, -0.2) is 47.8 Å². The summed E-state index contributed by atoms with van der Waals surface area (Å²) in [5.41, 5.74) is 2.85. The standard InChI is InChI=1S/C24H29N3O4S/c1-17(2)31-20-5-7-21(8-6-20)32(29,30)27-12-10-19(11-13-27)23-16-26(14-15-28)24-22(23)9-4-18(3)25-24/h4-9,15-17,19H,10-14H2,1-3H3. The van der Waals surface area contributed by atoms with Gasteiger partial charge >= 0.3 is 0 Å². The van der Waals surface area contributed by atoms with Gasteiger partial charge in [-0.3, -0.25) is 0 Å². The van der Waals surface area contributed by atoms with Crippen molar-refractivity contribution in [1.29, 1.82) is 0 Å². The lowest BCUT2D eigenvalue weighted by Crippen LogP contribution is -2.37. The molecule has 0 amide bonds. The van der Waals surface area contributed by atoms with Crippen LogP contribution < -0.4 is 4.74 Å². The number of carbonyl (C=O) groups excluding carboxylic acids is 1. The largest absolute Gasteiger partial charge is 0.491 e. The number of ether oxygens (including phenoxy) is 1. The molecule has 8 heteroatoms. The molecular formula is C24H29N3O4S. The number of hydrogen-bond donors (Lipinski definition) is 0. The van der Waals surface area contributed by atoms with E-state index in [0.717, 1.165) is 41.4 Å². The summed E-state index contributed by atoms with van der Waals surface area (Å²) in [6.07, 6.45) is 4.37. The number of sulfonamides is 1. The second-order valence-corrected chi connectivity index (χ2v) is 10.5. The molecule has 3 heterocycles. The first-order valence-electron chi connectivity index (χ1n) is 11.0. The lowest BCUT2D eigenvalue weighted by atomic mass is 9.90. The summed E-state index contributed by atoms with van der Waals surface area (Å²) in [4.78, 5) is 16.0. The van der Waals surface area contributed by atoms with E-state index >= 15 is 0 Å². The fraction of sp³-hybridized carbons (Fsp3) is 0.417. The highest BCUT2D eigenvalue weighted by Gasteiger charge is 2.31. The number of aryl methyl sites for hydroxylation is 1. The Morgan fingerprint density at radius 2 is 1.81 bits per heavy atom. The quantitative estimate of drug-likeness (QED) is 0.505. The molecule has 0 saturated carbocycles. The van der Waals surface area contributed by atoms with Crippen LogP contribution in [0.25, 0.3) is 11.0 Å². The zero-order valence-electron chi connectivity index (χ0n) is 18.7. The van der Waals surface area contributed by atoms with Gasteiger partial charge < -0.3 is 14.1 Å². The minimum atomic E-state index is -3.55. The van der Waals surface area contributed by atoms with E-state index < -0.39 is 10.0 Å². The van der Waals surface area contributed by atoms with Gasteiger partial charge in [0.2, 0.25) is 10.0 Å². The van der Waals surface area contributed by atoms with Crippen LogP contribution in [0.2, 0.25) is 0 Å². The molecule has 32 heavy (non-hydrogen) atoms. The van der Waals surface area contributed by atoms with Gasteiger partial charge in [-0.2, -0.15) is 4.31 Å². The number of hydrogen-bond acceptors (Lipinski definition) is 5. The van der Waals surface area contributed by atoms with Crippen LogP contribution in [0.5, 0.6) is 5.75 Å². The van der Waals surface area contributed by atoms with Crippen molar-refractivity contribution in [3.8, 4) is 5.75 Å². The SMILES string of the molecule is Cc1ccc2c(C3CCN(S(=O)(=O)c4ccc(OC(C)C)cc4)CC3)cn(CC=O)c2n1. The van der Waals surface area contributed by atoms with Crippen molar-refractivity contribution in [3.05, 3.63) is 53.9 Å². The van der Waals surface area contributed by atoms with E-state index in [0.29, 0.717) is 18.8 Å². The molecule has 1 fully saturated rings.